The second-order valence-electron chi connectivity index (χ2n) is 9.09. The summed E-state index contributed by atoms with van der Waals surface area (Å²) in [6, 6.07) is 19.9. The second-order valence-corrected chi connectivity index (χ2v) is 12.4. The van der Waals surface area contributed by atoms with Crippen LogP contribution in [0.25, 0.3) is 6.08 Å². The van der Waals surface area contributed by atoms with Crippen molar-refractivity contribution in [1.82, 2.24) is 4.57 Å². The molecular formula is C31H25I2N3O4S. The van der Waals surface area contributed by atoms with Crippen LogP contribution in [0.3, 0.4) is 0 Å². The van der Waals surface area contributed by atoms with E-state index in [1.165, 1.54) is 11.3 Å². The number of rotatable bonds is 8. The Morgan fingerprint density at radius 2 is 1.85 bits per heavy atom. The first kappa shape index (κ1) is 29.3. The summed E-state index contributed by atoms with van der Waals surface area (Å²) in [7, 11) is 1.59. The number of halogens is 2. The summed E-state index contributed by atoms with van der Waals surface area (Å²) in [6.45, 7) is 5.93. The molecule has 0 saturated heterocycles. The van der Waals surface area contributed by atoms with Gasteiger partial charge in [0.05, 0.1) is 36.1 Å². The summed E-state index contributed by atoms with van der Waals surface area (Å²) in [6.07, 6.45) is 3.56. The van der Waals surface area contributed by atoms with E-state index in [1.807, 2.05) is 72.8 Å². The Kier molecular flexibility index (Phi) is 9.09. The molecule has 1 aliphatic rings. The molecule has 0 radical (unpaired) electrons. The number of allylic oxidation sites excluding steroid dienone is 1. The number of nitrogens with zero attached hydrogens (tertiary/aromatic N) is 2. The number of anilines is 1. The number of hydrogen-bond acceptors (Lipinski definition) is 6. The van der Waals surface area contributed by atoms with Gasteiger partial charge in [-0.2, -0.15) is 0 Å². The lowest BCUT2D eigenvalue weighted by atomic mass is 9.95. The summed E-state index contributed by atoms with van der Waals surface area (Å²) in [5, 5.41) is 2.97. The van der Waals surface area contributed by atoms with Crippen molar-refractivity contribution in [2.45, 2.75) is 13.0 Å². The fraction of sp³-hybridized carbons (Fsp3) is 0.129. The fourth-order valence-corrected chi connectivity index (χ4v) is 7.73. The maximum Gasteiger partial charge on any atom is 0.271 e. The number of aromatic nitrogens is 1. The van der Waals surface area contributed by atoms with Crippen LogP contribution < -0.4 is 29.7 Å². The number of carbonyl (C=O) groups is 1. The van der Waals surface area contributed by atoms with Crippen LogP contribution in [0.4, 0.5) is 5.69 Å². The minimum atomic E-state index is -0.692. The predicted octanol–water partition coefficient (Wildman–Crippen LogP) is 5.66. The van der Waals surface area contributed by atoms with E-state index in [9.17, 15) is 9.59 Å². The van der Waals surface area contributed by atoms with Crippen molar-refractivity contribution in [3.8, 4) is 11.5 Å². The maximum absolute atomic E-state index is 14.0. The van der Waals surface area contributed by atoms with Crippen molar-refractivity contribution in [2.75, 3.05) is 19.0 Å². The third-order valence-electron chi connectivity index (χ3n) is 6.37. The van der Waals surface area contributed by atoms with E-state index in [4.69, 9.17) is 14.5 Å². The number of thiazole rings is 1. The van der Waals surface area contributed by atoms with E-state index in [0.29, 0.717) is 38.6 Å². The third kappa shape index (κ3) is 6.19. The van der Waals surface area contributed by atoms with E-state index in [1.54, 1.807) is 24.7 Å². The quantitative estimate of drug-likeness (QED) is 0.185. The molecule has 1 atom stereocenters. The molecule has 0 saturated carbocycles. The van der Waals surface area contributed by atoms with E-state index in [2.05, 4.69) is 57.1 Å². The number of para-hydroxylation sites is 1. The monoisotopic (exact) mass is 789 g/mol. The van der Waals surface area contributed by atoms with Crippen molar-refractivity contribution in [2.24, 2.45) is 4.99 Å². The summed E-state index contributed by atoms with van der Waals surface area (Å²) < 4.78 is 15.3. The molecule has 3 aromatic carbocycles. The molecule has 1 N–H and O–H groups in total. The van der Waals surface area contributed by atoms with Gasteiger partial charge in [-0.1, -0.05) is 54.3 Å². The lowest BCUT2D eigenvalue weighted by Gasteiger charge is -2.25. The van der Waals surface area contributed by atoms with Crippen molar-refractivity contribution in [1.29, 1.82) is 0 Å². The van der Waals surface area contributed by atoms with Gasteiger partial charge in [-0.3, -0.25) is 14.2 Å². The summed E-state index contributed by atoms with van der Waals surface area (Å²) in [5.74, 6) is 1.09. The number of nitrogens with one attached hydrogen (secondary N) is 1. The van der Waals surface area contributed by atoms with Crippen molar-refractivity contribution >= 4 is 74.2 Å². The van der Waals surface area contributed by atoms with Crippen LogP contribution in [-0.4, -0.2) is 24.2 Å². The zero-order valence-electron chi connectivity index (χ0n) is 22.2. The molecule has 1 aliphatic heterocycles. The molecule has 0 bridgehead atoms. The van der Waals surface area contributed by atoms with Gasteiger partial charge in [0.15, 0.2) is 4.80 Å². The minimum Gasteiger partial charge on any atom is -0.497 e. The van der Waals surface area contributed by atoms with Gasteiger partial charge in [-0.15, -0.1) is 0 Å². The van der Waals surface area contributed by atoms with Crippen LogP contribution >= 0.6 is 56.5 Å². The van der Waals surface area contributed by atoms with Crippen LogP contribution in [0.2, 0.25) is 0 Å². The number of benzene rings is 3. The number of hydrogen-bond donors (Lipinski definition) is 1. The average molecular weight is 789 g/mol. The Balaban J connectivity index is 1.65. The highest BCUT2D eigenvalue weighted by atomic mass is 127. The molecule has 0 unspecified atom stereocenters. The van der Waals surface area contributed by atoms with E-state index >= 15 is 0 Å². The number of carbonyl (C=O) groups excluding carboxylic acids is 1. The fourth-order valence-electron chi connectivity index (χ4n) is 4.55. The first-order valence-corrected chi connectivity index (χ1v) is 15.5. The van der Waals surface area contributed by atoms with E-state index in [0.717, 1.165) is 24.0 Å². The van der Waals surface area contributed by atoms with Crippen LogP contribution in [0.1, 0.15) is 24.1 Å². The SMILES string of the molecule is C=CCOc1c(I)cc(/C=c2\sc3n(c2=O)[C@H](c2cccc(OC)c2)C(C(=O)Nc2ccccc2)=C(C)N=3)cc1I. The van der Waals surface area contributed by atoms with Crippen LogP contribution in [0.5, 0.6) is 11.5 Å². The number of methoxy groups -OCH3 is 1. The molecular weight excluding hydrogens is 764 g/mol. The molecule has 7 nitrogen and oxygen atoms in total. The summed E-state index contributed by atoms with van der Waals surface area (Å²) in [4.78, 5) is 33.0. The van der Waals surface area contributed by atoms with Gasteiger partial charge in [0.2, 0.25) is 0 Å². The van der Waals surface area contributed by atoms with Gasteiger partial charge in [0, 0.05) is 5.69 Å². The Bertz CT molecular complexity index is 1840. The van der Waals surface area contributed by atoms with E-state index < -0.39 is 6.04 Å². The molecule has 1 amide bonds. The van der Waals surface area contributed by atoms with Crippen molar-refractivity contribution < 1.29 is 14.3 Å². The number of amides is 1. The first-order valence-electron chi connectivity index (χ1n) is 12.6. The van der Waals surface area contributed by atoms with Gasteiger partial charge in [0.25, 0.3) is 11.5 Å². The van der Waals surface area contributed by atoms with E-state index in [-0.39, 0.29) is 11.5 Å². The Labute approximate surface area is 268 Å². The molecule has 0 spiro atoms. The molecule has 1 aromatic heterocycles. The molecule has 4 aromatic rings. The van der Waals surface area contributed by atoms with Crippen molar-refractivity contribution in [3.63, 3.8) is 0 Å². The molecule has 0 fully saturated rings. The van der Waals surface area contributed by atoms with Gasteiger partial charge in [-0.25, -0.2) is 4.99 Å². The minimum absolute atomic E-state index is 0.226. The molecule has 208 valence electrons. The van der Waals surface area contributed by atoms with Crippen LogP contribution in [0, 0.1) is 7.14 Å². The zero-order valence-corrected chi connectivity index (χ0v) is 27.3. The number of fused-ring (bicyclic) bond motifs is 1. The summed E-state index contributed by atoms with van der Waals surface area (Å²) in [5.41, 5.74) is 2.99. The highest BCUT2D eigenvalue weighted by Crippen LogP contribution is 2.33. The summed E-state index contributed by atoms with van der Waals surface area (Å²) >= 11 is 5.76. The lowest BCUT2D eigenvalue weighted by Crippen LogP contribution is -2.40. The predicted molar refractivity (Wildman–Crippen MR) is 179 cm³/mol. The highest BCUT2D eigenvalue weighted by molar-refractivity contribution is 14.1. The van der Waals surface area contributed by atoms with Crippen LogP contribution in [0.15, 0.2) is 100 Å². The lowest BCUT2D eigenvalue weighted by molar-refractivity contribution is -0.113. The van der Waals surface area contributed by atoms with Gasteiger partial charge < -0.3 is 14.8 Å². The topological polar surface area (TPSA) is 81.9 Å². The average Bonchev–Trinajstić information content (AvgIpc) is 3.26. The highest BCUT2D eigenvalue weighted by Gasteiger charge is 2.32. The zero-order chi connectivity index (χ0) is 29.1. The Morgan fingerprint density at radius 1 is 1.12 bits per heavy atom. The van der Waals surface area contributed by atoms with Crippen LogP contribution in [-0.2, 0) is 4.79 Å². The first-order chi connectivity index (χ1) is 19.8. The number of ether oxygens (including phenoxy) is 2. The van der Waals surface area contributed by atoms with Gasteiger partial charge >= 0.3 is 0 Å². The molecule has 2 heterocycles. The normalized spacial score (nSPS) is 14.7. The van der Waals surface area contributed by atoms with Gasteiger partial charge in [-0.05, 0) is 106 Å². The Hall–Kier alpha value is -3.23. The second kappa shape index (κ2) is 12.7. The van der Waals surface area contributed by atoms with Gasteiger partial charge in [0.1, 0.15) is 18.1 Å². The smallest absolute Gasteiger partial charge is 0.271 e. The maximum atomic E-state index is 14.0. The standard InChI is InChI=1S/C31H25I2N3O4S/c1-4-13-40-28-23(32)14-19(15-24(28)33)16-25-30(38)36-27(20-9-8-12-22(17-20)39-3)26(18(2)34-31(36)41-25)29(37)35-21-10-6-5-7-11-21/h4-12,14-17,27H,1,13H2,2-3H3,(H,35,37)/b25-16-/t27-/m1/s1. The molecule has 41 heavy (non-hydrogen) atoms. The molecule has 5 rings (SSSR count). The third-order valence-corrected chi connectivity index (χ3v) is 8.96. The molecule has 0 aliphatic carbocycles. The Morgan fingerprint density at radius 3 is 2.54 bits per heavy atom. The van der Waals surface area contributed by atoms with Crippen molar-refractivity contribution in [3.05, 3.63) is 129 Å². The molecule has 10 heteroatoms. The largest absolute Gasteiger partial charge is 0.497 e.